The molecule has 1 aromatic carbocycles. The van der Waals surface area contributed by atoms with Gasteiger partial charge in [-0.15, -0.1) is 0 Å². The molecule has 0 saturated heterocycles. The average molecular weight is 324 g/mol. The van der Waals surface area contributed by atoms with Gasteiger partial charge in [-0.2, -0.15) is 0 Å². The van der Waals surface area contributed by atoms with Crippen LogP contribution in [0.2, 0.25) is 0 Å². The van der Waals surface area contributed by atoms with E-state index < -0.39 is 6.10 Å². The zero-order valence-electron chi connectivity index (χ0n) is 14.5. The van der Waals surface area contributed by atoms with E-state index in [1.807, 2.05) is 0 Å². The number of anilines is 1. The Kier molecular flexibility index (Phi) is 8.61. The molecule has 0 aliphatic carbocycles. The molecule has 6 nitrogen and oxygen atoms in total. The number of ether oxygens (including phenoxy) is 3. The molecule has 6 heteroatoms. The van der Waals surface area contributed by atoms with Crippen LogP contribution >= 0.6 is 0 Å². The second-order valence-electron chi connectivity index (χ2n) is 5.28. The largest absolute Gasteiger partial charge is 0.455 e. The van der Waals surface area contributed by atoms with Crippen LogP contribution in [0.15, 0.2) is 24.3 Å². The highest BCUT2D eigenvalue weighted by Gasteiger charge is 2.27. The van der Waals surface area contributed by atoms with Crippen LogP contribution in [0.4, 0.5) is 5.69 Å². The van der Waals surface area contributed by atoms with E-state index in [0.29, 0.717) is 24.4 Å². The number of rotatable bonds is 10. The number of hydrogen-bond acceptors (Lipinski definition) is 6. The normalized spacial score (nSPS) is 13.8. The zero-order chi connectivity index (χ0) is 17.2. The molecular weight excluding hydrogens is 296 g/mol. The van der Waals surface area contributed by atoms with Crippen molar-refractivity contribution in [3.05, 3.63) is 29.8 Å². The Morgan fingerprint density at radius 3 is 2.22 bits per heavy atom. The summed E-state index contributed by atoms with van der Waals surface area (Å²) in [6.45, 7) is 6.83. The van der Waals surface area contributed by atoms with E-state index in [-0.39, 0.29) is 12.1 Å². The Labute approximate surface area is 138 Å². The van der Waals surface area contributed by atoms with Crippen molar-refractivity contribution in [1.29, 1.82) is 0 Å². The standard InChI is InChI=1S/C17H28N2O4/c1-5-19(6-2)11-15(16(22-4)12-21-3)23-17(20)13-7-9-14(18)10-8-13/h7-10,15-16H,5-6,11-12,18H2,1-4H3/t15-,16-/m0/s1. The molecule has 0 spiro atoms. The van der Waals surface area contributed by atoms with E-state index in [1.54, 1.807) is 38.5 Å². The lowest BCUT2D eigenvalue weighted by Crippen LogP contribution is -2.44. The molecule has 0 heterocycles. The minimum Gasteiger partial charge on any atom is -0.455 e. The molecule has 0 bridgehead atoms. The summed E-state index contributed by atoms with van der Waals surface area (Å²) in [5, 5.41) is 0. The number of nitrogens with two attached hydrogens (primary N) is 1. The van der Waals surface area contributed by atoms with Crippen molar-refractivity contribution in [3.63, 3.8) is 0 Å². The highest BCUT2D eigenvalue weighted by molar-refractivity contribution is 5.89. The first-order valence-electron chi connectivity index (χ1n) is 7.86. The van der Waals surface area contributed by atoms with Gasteiger partial charge in [-0.05, 0) is 37.4 Å². The number of benzene rings is 1. The summed E-state index contributed by atoms with van der Waals surface area (Å²) in [5.41, 5.74) is 6.72. The van der Waals surface area contributed by atoms with Crippen molar-refractivity contribution in [3.8, 4) is 0 Å². The summed E-state index contributed by atoms with van der Waals surface area (Å²) in [4.78, 5) is 14.6. The van der Waals surface area contributed by atoms with Crippen molar-refractivity contribution in [2.45, 2.75) is 26.1 Å². The number of methoxy groups -OCH3 is 2. The summed E-state index contributed by atoms with van der Waals surface area (Å²) >= 11 is 0. The van der Waals surface area contributed by atoms with Gasteiger partial charge in [0.15, 0.2) is 0 Å². The maximum Gasteiger partial charge on any atom is 0.338 e. The molecule has 0 aliphatic heterocycles. The molecule has 0 radical (unpaired) electrons. The van der Waals surface area contributed by atoms with Crippen molar-refractivity contribution in [1.82, 2.24) is 4.90 Å². The van der Waals surface area contributed by atoms with Gasteiger partial charge in [-0.3, -0.25) is 0 Å². The fourth-order valence-corrected chi connectivity index (χ4v) is 2.28. The van der Waals surface area contributed by atoms with Crippen molar-refractivity contribution in [2.75, 3.05) is 46.2 Å². The Bertz CT molecular complexity index is 460. The third-order valence-corrected chi connectivity index (χ3v) is 3.79. The summed E-state index contributed by atoms with van der Waals surface area (Å²) in [5.74, 6) is -0.389. The maximum absolute atomic E-state index is 12.4. The summed E-state index contributed by atoms with van der Waals surface area (Å²) in [6.07, 6.45) is -0.733. The van der Waals surface area contributed by atoms with Gasteiger partial charge in [0, 0.05) is 26.5 Å². The lowest BCUT2D eigenvalue weighted by atomic mass is 10.1. The van der Waals surface area contributed by atoms with Gasteiger partial charge in [-0.25, -0.2) is 4.79 Å². The predicted molar refractivity (Wildman–Crippen MR) is 90.5 cm³/mol. The van der Waals surface area contributed by atoms with E-state index in [2.05, 4.69) is 18.7 Å². The first kappa shape index (κ1) is 19.4. The quantitative estimate of drug-likeness (QED) is 0.522. The monoisotopic (exact) mass is 324 g/mol. The van der Waals surface area contributed by atoms with Gasteiger partial charge >= 0.3 is 5.97 Å². The fourth-order valence-electron chi connectivity index (χ4n) is 2.28. The van der Waals surface area contributed by atoms with Crippen LogP contribution in [0.1, 0.15) is 24.2 Å². The molecule has 130 valence electrons. The third-order valence-electron chi connectivity index (χ3n) is 3.79. The Hall–Kier alpha value is -1.63. The van der Waals surface area contributed by atoms with Gasteiger partial charge in [0.05, 0.1) is 12.2 Å². The molecule has 0 unspecified atom stereocenters. The lowest BCUT2D eigenvalue weighted by Gasteiger charge is -2.30. The molecule has 0 aliphatic rings. The minimum absolute atomic E-state index is 0.321. The van der Waals surface area contributed by atoms with Crippen LogP contribution in [0.3, 0.4) is 0 Å². The fraction of sp³-hybridized carbons (Fsp3) is 0.588. The molecule has 23 heavy (non-hydrogen) atoms. The second-order valence-corrected chi connectivity index (χ2v) is 5.28. The van der Waals surface area contributed by atoms with Crippen molar-refractivity contribution in [2.24, 2.45) is 0 Å². The average Bonchev–Trinajstić information content (AvgIpc) is 2.57. The molecule has 1 rings (SSSR count). The number of likely N-dealkylation sites (N-methyl/N-ethyl adjacent to an activating group) is 1. The van der Waals surface area contributed by atoms with Crippen LogP contribution in [0.25, 0.3) is 0 Å². The summed E-state index contributed by atoms with van der Waals surface area (Å²) in [6, 6.07) is 6.67. The number of carbonyl (C=O) groups excluding carboxylic acids is 1. The molecule has 2 atom stereocenters. The first-order valence-corrected chi connectivity index (χ1v) is 7.86. The molecule has 0 fully saturated rings. The summed E-state index contributed by atoms with van der Waals surface area (Å²) < 4.78 is 16.3. The van der Waals surface area contributed by atoms with E-state index >= 15 is 0 Å². The molecule has 2 N–H and O–H groups in total. The second kappa shape index (κ2) is 10.2. The number of carbonyl (C=O) groups is 1. The molecule has 0 amide bonds. The van der Waals surface area contributed by atoms with Gasteiger partial charge in [-0.1, -0.05) is 13.8 Å². The van der Waals surface area contributed by atoms with E-state index in [9.17, 15) is 4.79 Å². The lowest BCUT2D eigenvalue weighted by molar-refractivity contribution is -0.0719. The SMILES string of the molecule is CCN(CC)C[C@H](OC(=O)c1ccc(N)cc1)[C@H](COC)OC. The molecule has 0 aromatic heterocycles. The van der Waals surface area contributed by atoms with Gasteiger partial charge in [0.25, 0.3) is 0 Å². The number of nitrogen functional groups attached to an aromatic ring is 1. The Morgan fingerprint density at radius 2 is 1.74 bits per heavy atom. The van der Waals surface area contributed by atoms with Crippen LogP contribution in [-0.4, -0.2) is 63.5 Å². The highest BCUT2D eigenvalue weighted by Crippen LogP contribution is 2.13. The van der Waals surface area contributed by atoms with E-state index in [4.69, 9.17) is 19.9 Å². The Morgan fingerprint density at radius 1 is 1.13 bits per heavy atom. The van der Waals surface area contributed by atoms with Gasteiger partial charge < -0.3 is 24.8 Å². The third kappa shape index (κ3) is 6.17. The molecular formula is C17H28N2O4. The van der Waals surface area contributed by atoms with Crippen molar-refractivity contribution < 1.29 is 19.0 Å². The molecule has 0 saturated carbocycles. The predicted octanol–water partition coefficient (Wildman–Crippen LogP) is 1.80. The van der Waals surface area contributed by atoms with E-state index in [0.717, 1.165) is 13.1 Å². The van der Waals surface area contributed by atoms with Crippen LogP contribution in [-0.2, 0) is 14.2 Å². The highest BCUT2D eigenvalue weighted by atomic mass is 16.6. The zero-order valence-corrected chi connectivity index (χ0v) is 14.5. The smallest absolute Gasteiger partial charge is 0.338 e. The van der Waals surface area contributed by atoms with Gasteiger partial charge in [0.1, 0.15) is 12.2 Å². The number of nitrogens with zero attached hydrogens (tertiary/aromatic N) is 1. The number of hydrogen-bond donors (Lipinski definition) is 1. The van der Waals surface area contributed by atoms with E-state index in [1.165, 1.54) is 0 Å². The van der Waals surface area contributed by atoms with Crippen LogP contribution < -0.4 is 5.73 Å². The maximum atomic E-state index is 12.4. The minimum atomic E-state index is -0.412. The first-order chi connectivity index (χ1) is 11.0. The van der Waals surface area contributed by atoms with Crippen LogP contribution in [0, 0.1) is 0 Å². The van der Waals surface area contributed by atoms with Gasteiger partial charge in [0.2, 0.25) is 0 Å². The summed E-state index contributed by atoms with van der Waals surface area (Å²) in [7, 11) is 3.19. The van der Waals surface area contributed by atoms with Crippen LogP contribution in [0.5, 0.6) is 0 Å². The Balaban J connectivity index is 2.85. The van der Waals surface area contributed by atoms with Crippen molar-refractivity contribution >= 4 is 11.7 Å². The molecule has 1 aromatic rings. The topological polar surface area (TPSA) is 74.0 Å². The number of esters is 1.